The first-order chi connectivity index (χ1) is 19.6. The van der Waals surface area contributed by atoms with Crippen molar-refractivity contribution in [3.63, 3.8) is 0 Å². The van der Waals surface area contributed by atoms with E-state index >= 15 is 0 Å². The number of nitrogens with zero attached hydrogens (tertiary/aromatic N) is 2. The summed E-state index contributed by atoms with van der Waals surface area (Å²) in [7, 11) is 0. The van der Waals surface area contributed by atoms with Crippen LogP contribution in [0, 0.1) is 23.5 Å². The molecule has 0 amide bonds. The fourth-order valence-electron chi connectivity index (χ4n) is 4.00. The molecule has 0 radical (unpaired) electrons. The lowest BCUT2D eigenvalue weighted by Crippen LogP contribution is -2.02. The molecule has 212 valence electrons. The molecule has 0 unspecified atom stereocenters. The van der Waals surface area contributed by atoms with Crippen molar-refractivity contribution >= 4 is 11.4 Å². The van der Waals surface area contributed by atoms with Gasteiger partial charge in [0.2, 0.25) is 5.82 Å². The van der Waals surface area contributed by atoms with Gasteiger partial charge >= 0.3 is 0 Å². The molecule has 0 aliphatic heterocycles. The fraction of sp³-hybridized carbons (Fsp3) is 0.412. The van der Waals surface area contributed by atoms with E-state index < -0.39 is 11.6 Å². The molecular weight excluding hydrogens is 506 g/mol. The molecule has 0 bridgehead atoms. The number of ether oxygens (including phenoxy) is 2. The Morgan fingerprint density at radius 3 is 1.73 bits per heavy atom. The van der Waals surface area contributed by atoms with E-state index in [0.717, 1.165) is 50.1 Å². The van der Waals surface area contributed by atoms with Crippen molar-refractivity contribution in [3.05, 3.63) is 83.4 Å². The molecule has 6 heteroatoms. The van der Waals surface area contributed by atoms with Crippen LogP contribution in [0.4, 0.5) is 20.2 Å². The van der Waals surface area contributed by atoms with E-state index in [1.807, 2.05) is 24.3 Å². The SMILES string of the molecule is CCCCCCCOc1ccc(N=Nc2ccc(C#Cc3ccc(OCCCCCCC)c(F)c3F)cc2)cc1. The van der Waals surface area contributed by atoms with E-state index in [1.54, 1.807) is 24.3 Å². The van der Waals surface area contributed by atoms with E-state index in [4.69, 9.17) is 9.47 Å². The molecule has 0 spiro atoms. The average molecular weight is 547 g/mol. The highest BCUT2D eigenvalue weighted by atomic mass is 19.2. The molecule has 3 rings (SSSR count). The third-order valence-corrected chi connectivity index (χ3v) is 6.40. The predicted molar refractivity (Wildman–Crippen MR) is 158 cm³/mol. The highest BCUT2D eigenvalue weighted by Gasteiger charge is 2.13. The number of hydrogen-bond donors (Lipinski definition) is 0. The van der Waals surface area contributed by atoms with Gasteiger partial charge in [-0.3, -0.25) is 0 Å². The summed E-state index contributed by atoms with van der Waals surface area (Å²) in [5.41, 5.74) is 2.02. The molecule has 0 N–H and O–H groups in total. The number of hydrogen-bond acceptors (Lipinski definition) is 4. The lowest BCUT2D eigenvalue weighted by molar-refractivity contribution is 0.285. The van der Waals surface area contributed by atoms with E-state index in [0.29, 0.717) is 17.9 Å². The van der Waals surface area contributed by atoms with Crippen molar-refractivity contribution in [1.29, 1.82) is 0 Å². The second kappa shape index (κ2) is 17.8. The summed E-state index contributed by atoms with van der Waals surface area (Å²) in [5, 5.41) is 8.53. The molecular formula is C34H40F2N2O2. The second-order valence-corrected chi connectivity index (χ2v) is 9.76. The van der Waals surface area contributed by atoms with Gasteiger partial charge in [0, 0.05) is 5.56 Å². The van der Waals surface area contributed by atoms with Crippen LogP contribution in [0.3, 0.4) is 0 Å². The molecule has 0 aromatic heterocycles. The first-order valence-corrected chi connectivity index (χ1v) is 14.5. The van der Waals surface area contributed by atoms with Gasteiger partial charge in [-0.05, 0) is 73.5 Å². The average Bonchev–Trinajstić information content (AvgIpc) is 2.98. The Morgan fingerprint density at radius 1 is 0.575 bits per heavy atom. The Bertz CT molecular complexity index is 1250. The normalized spacial score (nSPS) is 10.9. The Balaban J connectivity index is 1.49. The van der Waals surface area contributed by atoms with Crippen molar-refractivity contribution < 1.29 is 18.3 Å². The topological polar surface area (TPSA) is 43.2 Å². The van der Waals surface area contributed by atoms with Gasteiger partial charge in [-0.15, -0.1) is 0 Å². The number of azo groups is 1. The van der Waals surface area contributed by atoms with Gasteiger partial charge in [-0.25, -0.2) is 4.39 Å². The van der Waals surface area contributed by atoms with E-state index in [9.17, 15) is 8.78 Å². The summed E-state index contributed by atoms with van der Waals surface area (Å²) >= 11 is 0. The molecule has 0 saturated carbocycles. The Kier molecular flexibility index (Phi) is 13.7. The fourth-order valence-corrected chi connectivity index (χ4v) is 4.00. The highest BCUT2D eigenvalue weighted by Crippen LogP contribution is 2.24. The molecule has 0 aliphatic rings. The number of benzene rings is 3. The van der Waals surface area contributed by atoms with E-state index in [2.05, 4.69) is 35.9 Å². The summed E-state index contributed by atoms with van der Waals surface area (Å²) in [5.74, 6) is 4.34. The summed E-state index contributed by atoms with van der Waals surface area (Å²) in [6, 6.07) is 17.5. The van der Waals surface area contributed by atoms with Crippen molar-refractivity contribution in [2.24, 2.45) is 10.2 Å². The summed E-state index contributed by atoms with van der Waals surface area (Å²) < 4.78 is 40.2. The molecule has 0 fully saturated rings. The van der Waals surface area contributed by atoms with Crippen molar-refractivity contribution in [2.45, 2.75) is 78.1 Å². The van der Waals surface area contributed by atoms with Crippen LogP contribution in [0.2, 0.25) is 0 Å². The molecule has 0 saturated heterocycles. The van der Waals surface area contributed by atoms with Crippen LogP contribution >= 0.6 is 0 Å². The van der Waals surface area contributed by atoms with Crippen LogP contribution in [-0.2, 0) is 0 Å². The van der Waals surface area contributed by atoms with E-state index in [-0.39, 0.29) is 11.3 Å². The Morgan fingerprint density at radius 2 is 1.12 bits per heavy atom. The predicted octanol–water partition coefficient (Wildman–Crippen LogP) is 10.5. The minimum atomic E-state index is -1.00. The Labute approximate surface area is 237 Å². The van der Waals surface area contributed by atoms with Crippen molar-refractivity contribution in [2.75, 3.05) is 13.2 Å². The van der Waals surface area contributed by atoms with Gasteiger partial charge in [-0.1, -0.05) is 77.1 Å². The zero-order valence-corrected chi connectivity index (χ0v) is 23.7. The molecule has 3 aromatic carbocycles. The molecule has 40 heavy (non-hydrogen) atoms. The number of halogens is 2. The van der Waals surface area contributed by atoms with Gasteiger partial charge in [0.05, 0.1) is 30.2 Å². The largest absolute Gasteiger partial charge is 0.494 e. The quantitative estimate of drug-likeness (QED) is 0.102. The van der Waals surface area contributed by atoms with Crippen LogP contribution in [0.15, 0.2) is 70.9 Å². The van der Waals surface area contributed by atoms with Crippen molar-refractivity contribution in [3.8, 4) is 23.3 Å². The molecule has 0 atom stereocenters. The molecule has 0 aliphatic carbocycles. The van der Waals surface area contributed by atoms with Gasteiger partial charge in [-0.2, -0.15) is 14.6 Å². The third-order valence-electron chi connectivity index (χ3n) is 6.40. The van der Waals surface area contributed by atoms with Gasteiger partial charge in [0.1, 0.15) is 5.75 Å². The second-order valence-electron chi connectivity index (χ2n) is 9.76. The number of rotatable bonds is 16. The summed E-state index contributed by atoms with van der Waals surface area (Å²) in [4.78, 5) is 0. The van der Waals surface area contributed by atoms with Gasteiger partial charge in [0.15, 0.2) is 11.6 Å². The molecule has 3 aromatic rings. The van der Waals surface area contributed by atoms with Crippen LogP contribution in [0.5, 0.6) is 11.5 Å². The lowest BCUT2D eigenvalue weighted by Gasteiger charge is -2.08. The van der Waals surface area contributed by atoms with Gasteiger partial charge < -0.3 is 9.47 Å². The van der Waals surface area contributed by atoms with Crippen LogP contribution in [0.25, 0.3) is 0 Å². The van der Waals surface area contributed by atoms with Gasteiger partial charge in [0.25, 0.3) is 0 Å². The van der Waals surface area contributed by atoms with Crippen LogP contribution in [-0.4, -0.2) is 13.2 Å². The Hall–Kier alpha value is -3.72. The monoisotopic (exact) mass is 546 g/mol. The summed E-state index contributed by atoms with van der Waals surface area (Å²) in [6.07, 6.45) is 11.3. The smallest absolute Gasteiger partial charge is 0.201 e. The third kappa shape index (κ3) is 10.8. The molecule has 4 nitrogen and oxygen atoms in total. The number of unbranched alkanes of at least 4 members (excludes halogenated alkanes) is 8. The standard InChI is InChI=1S/C34H40F2N2O2/c1-3-5-7-9-11-25-39-31-22-20-30(21-23-31)38-37-29-18-14-27(15-19-29)13-16-28-17-24-32(34(36)33(28)35)40-26-12-10-8-6-4-2/h14-15,17-24H,3-12,25-26H2,1-2H3. The van der Waals surface area contributed by atoms with Crippen LogP contribution < -0.4 is 9.47 Å². The highest BCUT2D eigenvalue weighted by molar-refractivity contribution is 5.49. The lowest BCUT2D eigenvalue weighted by atomic mass is 10.1. The molecule has 0 heterocycles. The minimum absolute atomic E-state index is 0.0134. The zero-order chi connectivity index (χ0) is 28.4. The zero-order valence-electron chi connectivity index (χ0n) is 23.7. The first-order valence-electron chi connectivity index (χ1n) is 14.5. The van der Waals surface area contributed by atoms with E-state index in [1.165, 1.54) is 44.2 Å². The van der Waals surface area contributed by atoms with Crippen molar-refractivity contribution in [1.82, 2.24) is 0 Å². The minimum Gasteiger partial charge on any atom is -0.494 e. The maximum atomic E-state index is 14.5. The maximum Gasteiger partial charge on any atom is 0.201 e. The van der Waals surface area contributed by atoms with Crippen LogP contribution in [0.1, 0.15) is 89.2 Å². The maximum absolute atomic E-state index is 14.5. The summed E-state index contributed by atoms with van der Waals surface area (Å²) in [6.45, 7) is 5.45. The first kappa shape index (κ1) is 30.8.